The second kappa shape index (κ2) is 5.38. The molecule has 3 rings (SSSR count). The number of ether oxygens (including phenoxy) is 1. The predicted molar refractivity (Wildman–Crippen MR) is 79.8 cm³/mol. The summed E-state index contributed by atoms with van der Waals surface area (Å²) < 4.78 is 6.59. The molecule has 5 heteroatoms. The summed E-state index contributed by atoms with van der Waals surface area (Å²) in [5.74, 6) is 0.730. The monoisotopic (exact) mass is 282 g/mol. The van der Waals surface area contributed by atoms with Gasteiger partial charge in [-0.3, -0.25) is 9.36 Å². The summed E-state index contributed by atoms with van der Waals surface area (Å²) in [7, 11) is 1.59. The van der Waals surface area contributed by atoms with Crippen molar-refractivity contribution in [2.75, 3.05) is 7.11 Å². The van der Waals surface area contributed by atoms with Crippen LogP contribution in [0, 0.1) is 0 Å². The standard InChI is InChI=1S/C16H14N2O3/c1-21-13-5-3-12(4-6-13)18-10-17-15-8-11(9-19)2-7-14(15)16(18)20/h2-8,10,19H,9H2,1H3. The van der Waals surface area contributed by atoms with E-state index in [1.807, 2.05) is 0 Å². The molecule has 3 aromatic rings. The number of methoxy groups -OCH3 is 1. The molecule has 2 aromatic carbocycles. The van der Waals surface area contributed by atoms with E-state index in [9.17, 15) is 4.79 Å². The van der Waals surface area contributed by atoms with E-state index < -0.39 is 0 Å². The minimum Gasteiger partial charge on any atom is -0.497 e. The van der Waals surface area contributed by atoms with Crippen molar-refractivity contribution in [3.8, 4) is 11.4 Å². The van der Waals surface area contributed by atoms with Gasteiger partial charge in [-0.25, -0.2) is 4.98 Å². The fourth-order valence-corrected chi connectivity index (χ4v) is 2.19. The first-order chi connectivity index (χ1) is 10.2. The lowest BCUT2D eigenvalue weighted by Gasteiger charge is -2.08. The van der Waals surface area contributed by atoms with Crippen molar-refractivity contribution >= 4 is 10.9 Å². The van der Waals surface area contributed by atoms with Crippen LogP contribution in [0.5, 0.6) is 5.75 Å². The maximum atomic E-state index is 12.5. The van der Waals surface area contributed by atoms with E-state index in [0.29, 0.717) is 10.9 Å². The summed E-state index contributed by atoms with van der Waals surface area (Å²) in [6, 6.07) is 12.3. The van der Waals surface area contributed by atoms with Crippen LogP contribution in [0.3, 0.4) is 0 Å². The Labute approximate surface area is 121 Å². The second-order valence-corrected chi connectivity index (χ2v) is 4.63. The highest BCUT2D eigenvalue weighted by atomic mass is 16.5. The second-order valence-electron chi connectivity index (χ2n) is 4.63. The van der Waals surface area contributed by atoms with Crippen molar-refractivity contribution in [2.24, 2.45) is 0 Å². The highest BCUT2D eigenvalue weighted by molar-refractivity contribution is 5.78. The maximum absolute atomic E-state index is 12.5. The molecule has 0 fully saturated rings. The molecular weight excluding hydrogens is 268 g/mol. The van der Waals surface area contributed by atoms with Gasteiger partial charge in [0.25, 0.3) is 5.56 Å². The molecule has 0 amide bonds. The quantitative estimate of drug-likeness (QED) is 0.796. The Balaban J connectivity index is 2.15. The summed E-state index contributed by atoms with van der Waals surface area (Å²) in [6.45, 7) is -0.0703. The minimum absolute atomic E-state index is 0.0703. The number of benzene rings is 2. The van der Waals surface area contributed by atoms with Crippen LogP contribution < -0.4 is 10.3 Å². The zero-order chi connectivity index (χ0) is 14.8. The van der Waals surface area contributed by atoms with E-state index >= 15 is 0 Å². The van der Waals surface area contributed by atoms with Crippen LogP contribution in [-0.2, 0) is 6.61 Å². The molecule has 0 aliphatic carbocycles. The third-order valence-corrected chi connectivity index (χ3v) is 3.36. The Bertz CT molecular complexity index is 838. The fraction of sp³-hybridized carbons (Fsp3) is 0.125. The number of nitrogens with zero attached hydrogens (tertiary/aromatic N) is 2. The van der Waals surface area contributed by atoms with Crippen molar-refractivity contribution in [1.82, 2.24) is 9.55 Å². The molecule has 5 nitrogen and oxygen atoms in total. The SMILES string of the molecule is COc1ccc(-n2cnc3cc(CO)ccc3c2=O)cc1. The molecule has 1 aromatic heterocycles. The van der Waals surface area contributed by atoms with Gasteiger partial charge in [-0.05, 0) is 42.0 Å². The van der Waals surface area contributed by atoms with Gasteiger partial charge in [0, 0.05) is 0 Å². The normalized spacial score (nSPS) is 10.8. The molecule has 0 saturated carbocycles. The minimum atomic E-state index is -0.144. The summed E-state index contributed by atoms with van der Waals surface area (Å²) in [6.07, 6.45) is 1.49. The summed E-state index contributed by atoms with van der Waals surface area (Å²) in [4.78, 5) is 16.8. The van der Waals surface area contributed by atoms with E-state index in [1.54, 1.807) is 49.6 Å². The smallest absolute Gasteiger partial charge is 0.265 e. The molecule has 1 N–H and O–H groups in total. The number of aliphatic hydroxyl groups excluding tert-OH is 1. The molecule has 0 radical (unpaired) electrons. The summed E-state index contributed by atoms with van der Waals surface area (Å²) >= 11 is 0. The van der Waals surface area contributed by atoms with Gasteiger partial charge in [0.1, 0.15) is 12.1 Å². The highest BCUT2D eigenvalue weighted by Crippen LogP contribution is 2.15. The Morgan fingerprint density at radius 1 is 1.19 bits per heavy atom. The van der Waals surface area contributed by atoms with E-state index in [4.69, 9.17) is 9.84 Å². The van der Waals surface area contributed by atoms with Crippen LogP contribution in [0.4, 0.5) is 0 Å². The van der Waals surface area contributed by atoms with Gasteiger partial charge in [0.05, 0.1) is 30.3 Å². The van der Waals surface area contributed by atoms with Crippen molar-refractivity contribution in [2.45, 2.75) is 6.61 Å². The molecule has 0 aliphatic rings. The van der Waals surface area contributed by atoms with E-state index in [-0.39, 0.29) is 12.2 Å². The largest absolute Gasteiger partial charge is 0.497 e. The maximum Gasteiger partial charge on any atom is 0.265 e. The van der Waals surface area contributed by atoms with Crippen LogP contribution in [0.1, 0.15) is 5.56 Å². The lowest BCUT2D eigenvalue weighted by Crippen LogP contribution is -2.18. The summed E-state index contributed by atoms with van der Waals surface area (Å²) in [5.41, 5.74) is 1.89. The Morgan fingerprint density at radius 3 is 2.62 bits per heavy atom. The first kappa shape index (κ1) is 13.3. The van der Waals surface area contributed by atoms with Gasteiger partial charge in [0.15, 0.2) is 0 Å². The number of aliphatic hydroxyl groups is 1. The van der Waals surface area contributed by atoms with Gasteiger partial charge >= 0.3 is 0 Å². The van der Waals surface area contributed by atoms with Gasteiger partial charge in [0.2, 0.25) is 0 Å². The number of hydrogen-bond acceptors (Lipinski definition) is 4. The Kier molecular flexibility index (Phi) is 3.41. The molecule has 21 heavy (non-hydrogen) atoms. The Hall–Kier alpha value is -2.66. The van der Waals surface area contributed by atoms with Crippen molar-refractivity contribution in [3.63, 3.8) is 0 Å². The highest BCUT2D eigenvalue weighted by Gasteiger charge is 2.06. The molecule has 0 saturated heterocycles. The van der Waals surface area contributed by atoms with Crippen LogP contribution in [-0.4, -0.2) is 21.8 Å². The van der Waals surface area contributed by atoms with Crippen molar-refractivity contribution in [3.05, 3.63) is 64.7 Å². The van der Waals surface area contributed by atoms with Crippen LogP contribution in [0.25, 0.3) is 16.6 Å². The molecular formula is C16H14N2O3. The molecule has 0 bridgehead atoms. The van der Waals surface area contributed by atoms with Crippen LogP contribution in [0.2, 0.25) is 0 Å². The van der Waals surface area contributed by atoms with Gasteiger partial charge in [-0.2, -0.15) is 0 Å². The zero-order valence-corrected chi connectivity index (χ0v) is 11.5. The first-order valence-electron chi connectivity index (χ1n) is 6.48. The molecule has 0 unspecified atom stereocenters. The zero-order valence-electron chi connectivity index (χ0n) is 11.5. The number of rotatable bonds is 3. The first-order valence-corrected chi connectivity index (χ1v) is 6.48. The third kappa shape index (κ3) is 2.39. The average Bonchev–Trinajstić information content (AvgIpc) is 2.55. The topological polar surface area (TPSA) is 64.3 Å². The summed E-state index contributed by atoms with van der Waals surface area (Å²) in [5, 5.41) is 9.64. The van der Waals surface area contributed by atoms with Gasteiger partial charge in [-0.1, -0.05) is 6.07 Å². The number of hydrogen-bond donors (Lipinski definition) is 1. The predicted octanol–water partition coefficient (Wildman–Crippen LogP) is 1.89. The van der Waals surface area contributed by atoms with Gasteiger partial charge < -0.3 is 9.84 Å². The van der Waals surface area contributed by atoms with E-state index in [2.05, 4.69) is 4.98 Å². The molecule has 106 valence electrons. The van der Waals surface area contributed by atoms with Crippen molar-refractivity contribution < 1.29 is 9.84 Å². The Morgan fingerprint density at radius 2 is 1.95 bits per heavy atom. The molecule has 1 heterocycles. The van der Waals surface area contributed by atoms with Crippen LogP contribution in [0.15, 0.2) is 53.6 Å². The van der Waals surface area contributed by atoms with Gasteiger partial charge in [-0.15, -0.1) is 0 Å². The van der Waals surface area contributed by atoms with Crippen molar-refractivity contribution in [1.29, 1.82) is 0 Å². The molecule has 0 aliphatic heterocycles. The average molecular weight is 282 g/mol. The number of aromatic nitrogens is 2. The molecule has 0 spiro atoms. The lowest BCUT2D eigenvalue weighted by atomic mass is 10.1. The molecule has 0 atom stereocenters. The third-order valence-electron chi connectivity index (χ3n) is 3.36. The van der Waals surface area contributed by atoms with E-state index in [1.165, 1.54) is 10.9 Å². The number of fused-ring (bicyclic) bond motifs is 1. The lowest BCUT2D eigenvalue weighted by molar-refractivity contribution is 0.282. The van der Waals surface area contributed by atoms with Crippen LogP contribution >= 0.6 is 0 Å². The fourth-order valence-electron chi connectivity index (χ4n) is 2.19. The van der Waals surface area contributed by atoms with E-state index in [0.717, 1.165) is 17.0 Å².